The maximum atomic E-state index is 12.1. The molecule has 116 valence electrons. The highest BCUT2D eigenvalue weighted by atomic mass is 32.1. The highest BCUT2D eigenvalue weighted by Gasteiger charge is 2.28. The van der Waals surface area contributed by atoms with E-state index in [0.717, 1.165) is 25.2 Å². The van der Waals surface area contributed by atoms with Crippen molar-refractivity contribution in [3.8, 4) is 0 Å². The van der Waals surface area contributed by atoms with Gasteiger partial charge in [0, 0.05) is 36.1 Å². The monoisotopic (exact) mass is 316 g/mol. The molecule has 2 aromatic rings. The fourth-order valence-electron chi connectivity index (χ4n) is 3.24. The third-order valence-corrected chi connectivity index (χ3v) is 5.27. The van der Waals surface area contributed by atoms with E-state index in [1.807, 2.05) is 12.3 Å². The van der Waals surface area contributed by atoms with Crippen molar-refractivity contribution in [1.82, 2.24) is 19.1 Å². The summed E-state index contributed by atoms with van der Waals surface area (Å²) in [5.41, 5.74) is 2.38. The van der Waals surface area contributed by atoms with Crippen molar-refractivity contribution in [2.75, 3.05) is 6.54 Å². The van der Waals surface area contributed by atoms with Gasteiger partial charge in [-0.1, -0.05) is 0 Å². The number of nitrogens with zero attached hydrogens (tertiary/aromatic N) is 4. The van der Waals surface area contributed by atoms with E-state index in [-0.39, 0.29) is 5.56 Å². The quantitative estimate of drug-likeness (QED) is 0.849. The smallest absolute Gasteiger partial charge is 0.266 e. The van der Waals surface area contributed by atoms with Gasteiger partial charge in [0.25, 0.3) is 5.56 Å². The SMILES string of the molecule is O=c1ccc(C2CC2)nn1CC1CCCN1Cc1cnsc1. The number of aromatic nitrogens is 3. The Morgan fingerprint density at radius 3 is 2.95 bits per heavy atom. The number of rotatable bonds is 5. The molecular weight excluding hydrogens is 296 g/mol. The molecule has 1 saturated heterocycles. The average Bonchev–Trinajstić information content (AvgIpc) is 3.08. The largest absolute Gasteiger partial charge is 0.294 e. The number of hydrogen-bond donors (Lipinski definition) is 0. The molecule has 1 aliphatic carbocycles. The first-order valence-corrected chi connectivity index (χ1v) is 8.83. The number of likely N-dealkylation sites (tertiary alicyclic amines) is 1. The second kappa shape index (κ2) is 5.93. The minimum absolute atomic E-state index is 0.0217. The maximum absolute atomic E-state index is 12.1. The molecule has 1 saturated carbocycles. The molecule has 0 aromatic carbocycles. The van der Waals surface area contributed by atoms with Gasteiger partial charge in [-0.05, 0) is 55.4 Å². The lowest BCUT2D eigenvalue weighted by Gasteiger charge is -2.24. The molecule has 2 fully saturated rings. The van der Waals surface area contributed by atoms with Gasteiger partial charge >= 0.3 is 0 Å². The Hall–Kier alpha value is -1.53. The first kappa shape index (κ1) is 14.1. The zero-order valence-corrected chi connectivity index (χ0v) is 13.3. The van der Waals surface area contributed by atoms with E-state index in [1.165, 1.54) is 36.4 Å². The van der Waals surface area contributed by atoms with Crippen LogP contribution in [0.15, 0.2) is 28.5 Å². The molecule has 22 heavy (non-hydrogen) atoms. The molecule has 0 radical (unpaired) electrons. The van der Waals surface area contributed by atoms with E-state index in [1.54, 1.807) is 10.7 Å². The summed E-state index contributed by atoms with van der Waals surface area (Å²) in [5, 5.41) is 6.70. The summed E-state index contributed by atoms with van der Waals surface area (Å²) in [6, 6.07) is 3.99. The topological polar surface area (TPSA) is 51.0 Å². The summed E-state index contributed by atoms with van der Waals surface area (Å²) in [6.45, 7) is 2.73. The van der Waals surface area contributed by atoms with Gasteiger partial charge in [0.15, 0.2) is 0 Å². The summed E-state index contributed by atoms with van der Waals surface area (Å²) in [4.78, 5) is 14.6. The van der Waals surface area contributed by atoms with Crippen LogP contribution in [0.5, 0.6) is 0 Å². The summed E-state index contributed by atoms with van der Waals surface area (Å²) < 4.78 is 5.86. The summed E-state index contributed by atoms with van der Waals surface area (Å²) in [6.07, 6.45) is 6.70. The fraction of sp³-hybridized carbons (Fsp3) is 0.562. The van der Waals surface area contributed by atoms with Crippen LogP contribution in [0.3, 0.4) is 0 Å². The average molecular weight is 316 g/mol. The molecule has 5 nitrogen and oxygen atoms in total. The van der Waals surface area contributed by atoms with Crippen LogP contribution in [0.4, 0.5) is 0 Å². The van der Waals surface area contributed by atoms with Crippen LogP contribution >= 0.6 is 11.5 Å². The van der Waals surface area contributed by atoms with E-state index in [4.69, 9.17) is 0 Å². The Morgan fingerprint density at radius 1 is 1.27 bits per heavy atom. The fourth-order valence-corrected chi connectivity index (χ4v) is 3.77. The molecule has 2 aliphatic rings. The van der Waals surface area contributed by atoms with Gasteiger partial charge in [0.1, 0.15) is 0 Å². The van der Waals surface area contributed by atoms with Crippen LogP contribution in [-0.2, 0) is 13.1 Å². The van der Waals surface area contributed by atoms with Gasteiger partial charge in [-0.3, -0.25) is 9.69 Å². The van der Waals surface area contributed by atoms with E-state index in [2.05, 4.69) is 19.8 Å². The van der Waals surface area contributed by atoms with Crippen LogP contribution < -0.4 is 5.56 Å². The Balaban J connectivity index is 1.49. The highest BCUT2D eigenvalue weighted by molar-refractivity contribution is 7.03. The van der Waals surface area contributed by atoms with Crippen LogP contribution in [0, 0.1) is 0 Å². The zero-order chi connectivity index (χ0) is 14.9. The van der Waals surface area contributed by atoms with Gasteiger partial charge < -0.3 is 0 Å². The minimum atomic E-state index is 0.0217. The lowest BCUT2D eigenvalue weighted by molar-refractivity contribution is 0.216. The lowest BCUT2D eigenvalue weighted by Crippen LogP contribution is -2.36. The van der Waals surface area contributed by atoms with Gasteiger partial charge in [0.2, 0.25) is 0 Å². The van der Waals surface area contributed by atoms with Crippen LogP contribution in [0.2, 0.25) is 0 Å². The van der Waals surface area contributed by atoms with E-state index in [0.29, 0.717) is 18.5 Å². The van der Waals surface area contributed by atoms with Crippen LogP contribution in [0.1, 0.15) is 42.9 Å². The minimum Gasteiger partial charge on any atom is -0.294 e. The second-order valence-electron chi connectivity index (χ2n) is 6.35. The molecule has 1 unspecified atom stereocenters. The van der Waals surface area contributed by atoms with Gasteiger partial charge in [0.05, 0.1) is 12.2 Å². The Kier molecular flexibility index (Phi) is 3.80. The molecule has 0 spiro atoms. The summed E-state index contributed by atoms with van der Waals surface area (Å²) >= 11 is 1.50. The molecule has 0 N–H and O–H groups in total. The lowest BCUT2D eigenvalue weighted by atomic mass is 10.2. The molecule has 6 heteroatoms. The first-order chi connectivity index (χ1) is 10.8. The van der Waals surface area contributed by atoms with E-state index in [9.17, 15) is 4.79 Å². The summed E-state index contributed by atoms with van der Waals surface area (Å²) in [5.74, 6) is 0.586. The zero-order valence-electron chi connectivity index (χ0n) is 12.5. The van der Waals surface area contributed by atoms with Crippen molar-refractivity contribution in [2.45, 2.75) is 50.7 Å². The molecule has 4 rings (SSSR count). The van der Waals surface area contributed by atoms with Crippen molar-refractivity contribution >= 4 is 11.5 Å². The molecular formula is C16H20N4OS. The van der Waals surface area contributed by atoms with Crippen molar-refractivity contribution in [2.24, 2.45) is 0 Å². The normalized spacial score (nSPS) is 22.3. The van der Waals surface area contributed by atoms with Crippen molar-refractivity contribution < 1.29 is 0 Å². The highest BCUT2D eigenvalue weighted by Crippen LogP contribution is 2.38. The summed E-state index contributed by atoms with van der Waals surface area (Å²) in [7, 11) is 0. The van der Waals surface area contributed by atoms with Crippen molar-refractivity contribution in [1.29, 1.82) is 0 Å². The Labute approximate surface area is 133 Å². The molecule has 1 atom stereocenters. The van der Waals surface area contributed by atoms with Gasteiger partial charge in [-0.2, -0.15) is 5.10 Å². The third kappa shape index (κ3) is 2.98. The molecule has 2 aromatic heterocycles. The third-order valence-electron chi connectivity index (χ3n) is 4.63. The van der Waals surface area contributed by atoms with Crippen molar-refractivity contribution in [3.05, 3.63) is 45.3 Å². The predicted molar refractivity (Wildman–Crippen MR) is 86.0 cm³/mol. The van der Waals surface area contributed by atoms with E-state index >= 15 is 0 Å². The van der Waals surface area contributed by atoms with Crippen LogP contribution in [0.25, 0.3) is 0 Å². The molecule has 1 aliphatic heterocycles. The molecule has 3 heterocycles. The Morgan fingerprint density at radius 2 is 2.18 bits per heavy atom. The van der Waals surface area contributed by atoms with Gasteiger partial charge in [-0.25, -0.2) is 9.06 Å². The predicted octanol–water partition coefficient (Wildman–Crippen LogP) is 2.24. The van der Waals surface area contributed by atoms with Crippen molar-refractivity contribution in [3.63, 3.8) is 0 Å². The van der Waals surface area contributed by atoms with Crippen LogP contribution in [-0.4, -0.2) is 31.6 Å². The second-order valence-corrected chi connectivity index (χ2v) is 7.01. The molecule has 0 bridgehead atoms. The number of hydrogen-bond acceptors (Lipinski definition) is 5. The van der Waals surface area contributed by atoms with Gasteiger partial charge in [-0.15, -0.1) is 0 Å². The first-order valence-electron chi connectivity index (χ1n) is 8.00. The molecule has 0 amide bonds. The van der Waals surface area contributed by atoms with E-state index < -0.39 is 0 Å². The Bertz CT molecular complexity index is 692. The maximum Gasteiger partial charge on any atom is 0.266 e. The standard InChI is InChI=1S/C16H20N4OS/c21-16-6-5-15(13-3-4-13)18-20(16)10-14-2-1-7-19(14)9-12-8-17-22-11-12/h5-6,8,11,13-14H,1-4,7,9-10H2.